The smallest absolute Gasteiger partial charge is 0.871 e. The van der Waals surface area contributed by atoms with Crippen molar-refractivity contribution in [1.29, 1.82) is 0 Å². The first-order valence-electron chi connectivity index (χ1n) is 14.2. The fourth-order valence-electron chi connectivity index (χ4n) is 3.43. The van der Waals surface area contributed by atoms with E-state index in [9.17, 15) is 15.3 Å². The van der Waals surface area contributed by atoms with Crippen molar-refractivity contribution in [3.63, 3.8) is 0 Å². The Kier molecular flexibility index (Phi) is 23.8. The number of rotatable bonds is 7. The van der Waals surface area contributed by atoms with Gasteiger partial charge >= 0.3 is 33.0 Å². The first-order chi connectivity index (χ1) is 23.3. The van der Waals surface area contributed by atoms with Gasteiger partial charge in [0.2, 0.25) is 0 Å². The summed E-state index contributed by atoms with van der Waals surface area (Å²) in [6.07, 6.45) is 7.73. The van der Waals surface area contributed by atoms with Gasteiger partial charge < -0.3 is 25.2 Å². The predicted molar refractivity (Wildman–Crippen MR) is 168 cm³/mol. The maximum Gasteiger partial charge on any atom is 2.00 e. The zero-order valence-electron chi connectivity index (χ0n) is 27.0. The van der Waals surface area contributed by atoms with Crippen LogP contribution in [0.4, 0.5) is 5.69 Å². The van der Waals surface area contributed by atoms with Gasteiger partial charge in [-0.1, -0.05) is 47.7 Å². The maximum absolute atomic E-state index is 11.5. The molecule has 0 amide bonds. The molecule has 0 unspecified atom stereocenters. The molecular weight excluding hydrogens is 795 g/mol. The first kappa shape index (κ1) is 46.9. The molecule has 5 aromatic rings. The van der Waals surface area contributed by atoms with E-state index in [0.29, 0.717) is 6.42 Å². The van der Waals surface area contributed by atoms with Crippen LogP contribution >= 0.6 is 11.6 Å². The van der Waals surface area contributed by atoms with Crippen molar-refractivity contribution in [3.05, 3.63) is 121 Å². The molecule has 1 aromatic carbocycles. The van der Waals surface area contributed by atoms with E-state index in [1.807, 2.05) is 91.8 Å². The molecule has 0 N–H and O–H groups in total. The molecule has 4 heterocycles. The fourth-order valence-corrected chi connectivity index (χ4v) is 3.59. The number of hydrogen-bond donors (Lipinski definition) is 0. The molecule has 0 aliphatic heterocycles. The Morgan fingerprint density at radius 3 is 1.39 bits per heavy atom. The summed E-state index contributed by atoms with van der Waals surface area (Å²) in [6.45, 7) is 1.01. The number of aromatic nitrogens is 4. The van der Waals surface area contributed by atoms with E-state index in [4.69, 9.17) is 30.2 Å². The van der Waals surface area contributed by atoms with Crippen LogP contribution in [0, 0.1) is 10.2 Å². The molecule has 4 aromatic heterocycles. The Hall–Kier alpha value is -4.07. The van der Waals surface area contributed by atoms with Crippen molar-refractivity contribution in [3.8, 4) is 28.5 Å². The molecule has 0 atom stereocenters. The van der Waals surface area contributed by atoms with Crippen molar-refractivity contribution >= 4 is 29.1 Å². The van der Waals surface area contributed by atoms with Gasteiger partial charge in [-0.2, -0.15) is 0 Å². The Morgan fingerprint density at radius 1 is 0.667 bits per heavy atom. The van der Waals surface area contributed by atoms with E-state index < -0.39 is 27.8 Å². The SMILES string of the molecule is CN(C)CCCN=C([O-])C([O-])=Nc1cc(Cl)ccc1[O-].[Ni+2].[Ni+2].[O-][Cl+3]([O-])([O-])[O-].c1ccc(-c2ccccn2)nc1.c1ccc(-c2ccccn2)nc1. The summed E-state index contributed by atoms with van der Waals surface area (Å²) in [5.74, 6) is -2.49. The Morgan fingerprint density at radius 2 is 1.06 bits per heavy atom. The van der Waals surface area contributed by atoms with Crippen LogP contribution < -0.4 is 34.0 Å². The first-order valence-corrected chi connectivity index (χ1v) is 15.8. The summed E-state index contributed by atoms with van der Waals surface area (Å²) >= 11 is 5.69. The van der Waals surface area contributed by atoms with Crippen LogP contribution in [0.15, 0.2) is 126 Å². The van der Waals surface area contributed by atoms with Gasteiger partial charge in [-0.05, 0) is 99.5 Å². The molecule has 0 aliphatic carbocycles. The minimum absolute atomic E-state index is 0. The molecule has 0 fully saturated rings. The Bertz CT molecular complexity index is 1560. The molecule has 0 bridgehead atoms. The van der Waals surface area contributed by atoms with Crippen molar-refractivity contribution in [2.24, 2.45) is 9.98 Å². The third kappa shape index (κ3) is 21.7. The molecule has 18 heteroatoms. The Labute approximate surface area is 322 Å². The normalized spacial score (nSPS) is 10.8. The molecule has 0 saturated heterocycles. The van der Waals surface area contributed by atoms with Gasteiger partial charge in [0.05, 0.1) is 28.5 Å². The van der Waals surface area contributed by atoms with Gasteiger partial charge in [-0.3, -0.25) is 24.9 Å². The van der Waals surface area contributed by atoms with Gasteiger partial charge in [-0.15, -0.1) is 10.2 Å². The average Bonchev–Trinajstić information content (AvgIpc) is 3.09. The molecule has 0 aliphatic rings. The van der Waals surface area contributed by atoms with E-state index in [2.05, 4.69) is 29.9 Å². The van der Waals surface area contributed by atoms with Gasteiger partial charge in [0, 0.05) is 36.4 Å². The molecule has 0 saturated carbocycles. The van der Waals surface area contributed by atoms with Crippen molar-refractivity contribution in [2.75, 3.05) is 27.2 Å². The van der Waals surface area contributed by atoms with E-state index in [1.165, 1.54) is 18.2 Å². The Balaban J connectivity index is 0.000000699. The maximum atomic E-state index is 11.5. The van der Waals surface area contributed by atoms with Crippen LogP contribution in [-0.4, -0.2) is 63.8 Å². The summed E-state index contributed by atoms with van der Waals surface area (Å²) in [5, 5.41) is 34.6. The number of pyridine rings is 4. The molecule has 51 heavy (non-hydrogen) atoms. The van der Waals surface area contributed by atoms with E-state index >= 15 is 0 Å². The zero-order valence-corrected chi connectivity index (χ0v) is 30.5. The van der Waals surface area contributed by atoms with E-state index in [1.54, 1.807) is 24.8 Å². The van der Waals surface area contributed by atoms with Gasteiger partial charge in [0.15, 0.2) is 0 Å². The van der Waals surface area contributed by atoms with Gasteiger partial charge in [0.25, 0.3) is 0 Å². The molecule has 0 spiro atoms. The third-order valence-corrected chi connectivity index (χ3v) is 5.76. The van der Waals surface area contributed by atoms with E-state index in [0.717, 1.165) is 29.3 Å². The van der Waals surface area contributed by atoms with Crippen molar-refractivity contribution < 1.29 is 77.2 Å². The quantitative estimate of drug-likeness (QED) is 0.0835. The third-order valence-electron chi connectivity index (χ3n) is 5.53. The van der Waals surface area contributed by atoms with Crippen LogP contribution in [-0.2, 0) is 33.0 Å². The second-order valence-corrected chi connectivity index (χ2v) is 10.8. The van der Waals surface area contributed by atoms with Crippen LogP contribution in [0.1, 0.15) is 6.42 Å². The number of hydrogen-bond acceptors (Lipinski definition) is 14. The topological polar surface area (TPSA) is 241 Å². The summed E-state index contributed by atoms with van der Waals surface area (Å²) in [7, 11) is -1.14. The molecule has 14 nitrogen and oxygen atoms in total. The molecule has 5 rings (SSSR count). The fraction of sp³-hybridized carbons (Fsp3) is 0.152. The van der Waals surface area contributed by atoms with Crippen molar-refractivity contribution in [1.82, 2.24) is 24.8 Å². The number of nitrogens with zero attached hydrogens (tertiary/aromatic N) is 7. The summed E-state index contributed by atoms with van der Waals surface area (Å²) in [6, 6.07) is 27.0. The summed E-state index contributed by atoms with van der Waals surface area (Å²) in [5.41, 5.74) is 3.51. The minimum atomic E-state index is -4.94. The standard InChI is InChI=1S/C13H18ClN3O3.2C10H8N2.ClHO4.2Ni/c1-17(2)7-3-6-15-12(19)13(20)16-10-8-9(14)4-5-11(10)18;2*1-3-7-11-9(5-1)10-6-2-4-8-12-10;2-1(3,4)5;;/h4-5,8,18H,3,6-7H2,1-2H3,(H,15,19)(H,16,20);2*1-8H;(H,2,3,4,5);;/q;;;;2*+2/p-4. The molecule has 0 radical (unpaired) electrons. The second kappa shape index (κ2) is 25.8. The van der Waals surface area contributed by atoms with Crippen molar-refractivity contribution in [2.45, 2.75) is 6.42 Å². The van der Waals surface area contributed by atoms with Gasteiger partial charge in [0.1, 0.15) is 0 Å². The number of halogens is 2. The summed E-state index contributed by atoms with van der Waals surface area (Å²) in [4.78, 5) is 25.7. The van der Waals surface area contributed by atoms with Crippen LogP contribution in [0.25, 0.3) is 22.8 Å². The molecular formula is C33H31Cl2N7Ni2O7. The number of aliphatic imine (C=N–C) groups is 2. The van der Waals surface area contributed by atoms with E-state index in [-0.39, 0.29) is 50.2 Å². The molecule has 274 valence electrons. The minimum Gasteiger partial charge on any atom is -0.871 e. The van der Waals surface area contributed by atoms with Crippen LogP contribution in [0.2, 0.25) is 5.02 Å². The summed E-state index contributed by atoms with van der Waals surface area (Å²) < 4.78 is 34.0. The van der Waals surface area contributed by atoms with Crippen LogP contribution in [0.3, 0.4) is 0 Å². The second-order valence-electron chi connectivity index (χ2n) is 9.61. The van der Waals surface area contributed by atoms with Gasteiger partial charge in [-0.25, -0.2) is 18.6 Å². The monoisotopic (exact) mass is 823 g/mol. The number of benzene rings is 1. The largest absolute Gasteiger partial charge is 2.00 e. The predicted octanol–water partition coefficient (Wildman–Crippen LogP) is -0.959. The van der Waals surface area contributed by atoms with Crippen LogP contribution in [0.5, 0.6) is 5.75 Å². The zero-order chi connectivity index (χ0) is 36.1. The average molecular weight is 826 g/mol.